The lowest BCUT2D eigenvalue weighted by atomic mass is 9.94. The van der Waals surface area contributed by atoms with Crippen LogP contribution in [0.2, 0.25) is 0 Å². The molecule has 0 bridgehead atoms. The zero-order valence-corrected chi connectivity index (χ0v) is 18.3. The molecule has 0 spiro atoms. The average Bonchev–Trinajstić information content (AvgIpc) is 2.98. The second-order valence-electron chi connectivity index (χ2n) is 8.90. The number of hydrogen-bond donors (Lipinski definition) is 0. The summed E-state index contributed by atoms with van der Waals surface area (Å²) < 4.78 is 38.2. The van der Waals surface area contributed by atoms with Crippen molar-refractivity contribution in [1.82, 2.24) is 14.7 Å². The number of benzene rings is 1. The maximum absolute atomic E-state index is 13.0. The van der Waals surface area contributed by atoms with Crippen LogP contribution in [0.15, 0.2) is 24.3 Å². The molecule has 0 unspecified atom stereocenters. The average molecular weight is 440 g/mol. The summed E-state index contributed by atoms with van der Waals surface area (Å²) in [4.78, 5) is 31.1. The van der Waals surface area contributed by atoms with Gasteiger partial charge < -0.3 is 9.80 Å². The number of carbonyl (C=O) groups excluding carboxylic acids is 2. The lowest BCUT2D eigenvalue weighted by Gasteiger charge is -2.34. The summed E-state index contributed by atoms with van der Waals surface area (Å²) in [6.45, 7) is 8.50. The smallest absolute Gasteiger partial charge is 0.342 e. The molecule has 2 amide bonds. The van der Waals surface area contributed by atoms with Gasteiger partial charge in [-0.25, -0.2) is 0 Å². The number of piperidine rings is 1. The first kappa shape index (κ1) is 23.6. The van der Waals surface area contributed by atoms with Crippen molar-refractivity contribution < 1.29 is 22.8 Å². The molecule has 2 saturated heterocycles. The number of likely N-dealkylation sites (tertiary alicyclic amines) is 1. The van der Waals surface area contributed by atoms with Gasteiger partial charge in [-0.05, 0) is 37.0 Å². The summed E-state index contributed by atoms with van der Waals surface area (Å²) in [6, 6.07) is 5.31. The molecule has 8 heteroatoms. The zero-order valence-electron chi connectivity index (χ0n) is 18.3. The third kappa shape index (κ3) is 6.21. The van der Waals surface area contributed by atoms with Gasteiger partial charge in [0.25, 0.3) is 0 Å². The van der Waals surface area contributed by atoms with Gasteiger partial charge >= 0.3 is 6.18 Å². The summed E-state index contributed by atoms with van der Waals surface area (Å²) in [7, 11) is 0. The van der Waals surface area contributed by atoms with Crippen molar-refractivity contribution >= 4 is 11.8 Å². The van der Waals surface area contributed by atoms with Gasteiger partial charge in [0.2, 0.25) is 11.8 Å². The van der Waals surface area contributed by atoms with Crippen molar-refractivity contribution in [2.24, 2.45) is 11.8 Å². The third-order valence-corrected chi connectivity index (χ3v) is 6.24. The molecule has 2 aliphatic heterocycles. The van der Waals surface area contributed by atoms with Gasteiger partial charge in [0.1, 0.15) is 0 Å². The maximum atomic E-state index is 13.0. The van der Waals surface area contributed by atoms with E-state index in [1.807, 2.05) is 23.6 Å². The Balaban J connectivity index is 1.48. The van der Waals surface area contributed by atoms with E-state index < -0.39 is 11.7 Å². The summed E-state index contributed by atoms with van der Waals surface area (Å²) in [5, 5.41) is 0. The SMILES string of the molecule is CC(C)C(=O)N1CCC(C(=O)N2CCCN(Cc3ccc(C(F)(F)F)cc3)CC2)CC1. The molecular formula is C23H32F3N3O2. The molecule has 3 rings (SSSR count). The Morgan fingerprint density at radius 2 is 1.58 bits per heavy atom. The minimum atomic E-state index is -4.32. The van der Waals surface area contributed by atoms with Gasteiger partial charge in [-0.1, -0.05) is 26.0 Å². The highest BCUT2D eigenvalue weighted by Crippen LogP contribution is 2.29. The Bertz CT molecular complexity index is 756. The Hall–Kier alpha value is -2.09. The van der Waals surface area contributed by atoms with Crippen LogP contribution in [0.3, 0.4) is 0 Å². The van der Waals surface area contributed by atoms with Crippen LogP contribution in [-0.4, -0.2) is 65.8 Å². The van der Waals surface area contributed by atoms with Crippen molar-refractivity contribution in [2.45, 2.75) is 45.8 Å². The minimum Gasteiger partial charge on any atom is -0.342 e. The summed E-state index contributed by atoms with van der Waals surface area (Å²) >= 11 is 0. The van der Waals surface area contributed by atoms with E-state index >= 15 is 0 Å². The van der Waals surface area contributed by atoms with Crippen molar-refractivity contribution in [1.29, 1.82) is 0 Å². The zero-order chi connectivity index (χ0) is 22.6. The van der Waals surface area contributed by atoms with E-state index in [1.54, 1.807) is 0 Å². The number of rotatable bonds is 4. The first-order chi connectivity index (χ1) is 14.6. The van der Waals surface area contributed by atoms with Crippen LogP contribution in [-0.2, 0) is 22.3 Å². The van der Waals surface area contributed by atoms with Crippen molar-refractivity contribution in [2.75, 3.05) is 39.3 Å². The molecule has 0 atom stereocenters. The van der Waals surface area contributed by atoms with Gasteiger partial charge in [-0.15, -0.1) is 0 Å². The van der Waals surface area contributed by atoms with E-state index in [1.165, 1.54) is 12.1 Å². The van der Waals surface area contributed by atoms with Crippen LogP contribution in [0.4, 0.5) is 13.2 Å². The number of amides is 2. The molecule has 0 aromatic heterocycles. The molecule has 0 radical (unpaired) electrons. The predicted molar refractivity (Wildman–Crippen MR) is 112 cm³/mol. The van der Waals surface area contributed by atoms with Crippen LogP contribution in [0, 0.1) is 11.8 Å². The molecule has 31 heavy (non-hydrogen) atoms. The monoisotopic (exact) mass is 439 g/mol. The molecule has 0 N–H and O–H groups in total. The Kier molecular flexibility index (Phi) is 7.62. The minimum absolute atomic E-state index is 0.0199. The summed E-state index contributed by atoms with van der Waals surface area (Å²) in [5.74, 6) is 0.277. The van der Waals surface area contributed by atoms with E-state index in [2.05, 4.69) is 4.90 Å². The fourth-order valence-electron chi connectivity index (χ4n) is 4.38. The molecule has 172 valence electrons. The number of nitrogens with zero attached hydrogens (tertiary/aromatic N) is 3. The van der Waals surface area contributed by atoms with Crippen LogP contribution in [0.25, 0.3) is 0 Å². The van der Waals surface area contributed by atoms with E-state index in [4.69, 9.17) is 0 Å². The first-order valence-corrected chi connectivity index (χ1v) is 11.1. The topological polar surface area (TPSA) is 43.9 Å². The quantitative estimate of drug-likeness (QED) is 0.720. The van der Waals surface area contributed by atoms with Gasteiger partial charge in [0, 0.05) is 57.6 Å². The number of carbonyl (C=O) groups is 2. The molecule has 1 aromatic rings. The molecule has 2 aliphatic rings. The molecular weight excluding hydrogens is 407 g/mol. The van der Waals surface area contributed by atoms with Gasteiger partial charge in [0.15, 0.2) is 0 Å². The summed E-state index contributed by atoms with van der Waals surface area (Å²) in [5.41, 5.74) is 0.208. The van der Waals surface area contributed by atoms with Crippen LogP contribution in [0.1, 0.15) is 44.2 Å². The first-order valence-electron chi connectivity index (χ1n) is 11.1. The molecule has 0 aliphatic carbocycles. The molecule has 2 heterocycles. The Labute approximate surface area is 182 Å². The van der Waals surface area contributed by atoms with Crippen LogP contribution < -0.4 is 0 Å². The number of alkyl halides is 3. The normalized spacial score (nSPS) is 19.5. The highest BCUT2D eigenvalue weighted by atomic mass is 19.4. The van der Waals surface area contributed by atoms with E-state index in [0.717, 1.165) is 30.7 Å². The van der Waals surface area contributed by atoms with Crippen molar-refractivity contribution in [3.05, 3.63) is 35.4 Å². The Morgan fingerprint density at radius 3 is 2.16 bits per heavy atom. The highest BCUT2D eigenvalue weighted by molar-refractivity contribution is 5.81. The second-order valence-corrected chi connectivity index (χ2v) is 8.90. The predicted octanol–water partition coefficient (Wildman–Crippen LogP) is 3.63. The number of hydrogen-bond acceptors (Lipinski definition) is 3. The van der Waals surface area contributed by atoms with E-state index in [9.17, 15) is 22.8 Å². The highest BCUT2D eigenvalue weighted by Gasteiger charge is 2.32. The lowest BCUT2D eigenvalue weighted by Crippen LogP contribution is -2.46. The third-order valence-electron chi connectivity index (χ3n) is 6.24. The standard InChI is InChI=1S/C23H32F3N3O2/c1-17(2)21(30)29-12-8-19(9-13-29)22(31)28-11-3-10-27(14-15-28)16-18-4-6-20(7-5-18)23(24,25)26/h4-7,17,19H,3,8-16H2,1-2H3. The van der Waals surface area contributed by atoms with Gasteiger partial charge in [0.05, 0.1) is 5.56 Å². The van der Waals surface area contributed by atoms with E-state index in [-0.39, 0.29) is 23.7 Å². The lowest BCUT2D eigenvalue weighted by molar-refractivity contribution is -0.142. The van der Waals surface area contributed by atoms with Crippen LogP contribution >= 0.6 is 0 Å². The van der Waals surface area contributed by atoms with Gasteiger partial charge in [-0.2, -0.15) is 13.2 Å². The van der Waals surface area contributed by atoms with Crippen molar-refractivity contribution in [3.63, 3.8) is 0 Å². The Morgan fingerprint density at radius 1 is 0.935 bits per heavy atom. The largest absolute Gasteiger partial charge is 0.416 e. The fraction of sp³-hybridized carbons (Fsp3) is 0.652. The van der Waals surface area contributed by atoms with E-state index in [0.29, 0.717) is 52.1 Å². The maximum Gasteiger partial charge on any atom is 0.416 e. The number of halogens is 3. The van der Waals surface area contributed by atoms with Crippen molar-refractivity contribution in [3.8, 4) is 0 Å². The molecule has 0 saturated carbocycles. The van der Waals surface area contributed by atoms with Crippen LogP contribution in [0.5, 0.6) is 0 Å². The molecule has 2 fully saturated rings. The van der Waals surface area contributed by atoms with Gasteiger partial charge in [-0.3, -0.25) is 14.5 Å². The molecule has 1 aromatic carbocycles. The molecule has 5 nitrogen and oxygen atoms in total. The summed E-state index contributed by atoms with van der Waals surface area (Å²) in [6.07, 6.45) is -2.05. The second kappa shape index (κ2) is 10.0. The fourth-order valence-corrected chi connectivity index (χ4v) is 4.38.